The van der Waals surface area contributed by atoms with Crippen molar-refractivity contribution in [3.8, 4) is 0 Å². The zero-order valence-electron chi connectivity index (χ0n) is 22.7. The molecule has 1 aliphatic rings. The van der Waals surface area contributed by atoms with Gasteiger partial charge in [-0.1, -0.05) is 122 Å². The maximum absolute atomic E-state index is 5.05. The standard InChI is InChI=1S/C37H33N3/c1-3-30-23-24-35(26-34(30)20-12-15-28-13-6-4-7-14-28)37(40-36(38-2)32-17-8-5-9-18-32)39-27-29-21-22-31-16-10-11-19-33(31)25-29/h3-14,16-22,25-26H,1-2,15,23-24,27H2/b20-12-,39-37-,40-36-. The number of aliphatic imine (C=N–C) groups is 3. The first-order valence-corrected chi connectivity index (χ1v) is 13.6. The highest BCUT2D eigenvalue weighted by Gasteiger charge is 2.16. The molecule has 0 unspecified atom stereocenters. The topological polar surface area (TPSA) is 37.1 Å². The Morgan fingerprint density at radius 1 is 0.750 bits per heavy atom. The summed E-state index contributed by atoms with van der Waals surface area (Å²) in [6, 6.07) is 35.3. The van der Waals surface area contributed by atoms with E-state index in [4.69, 9.17) is 9.98 Å². The molecule has 0 aromatic heterocycles. The van der Waals surface area contributed by atoms with Gasteiger partial charge in [-0.2, -0.15) is 0 Å². The summed E-state index contributed by atoms with van der Waals surface area (Å²) in [6.45, 7) is 8.40. The van der Waals surface area contributed by atoms with Gasteiger partial charge in [-0.15, -0.1) is 0 Å². The van der Waals surface area contributed by atoms with E-state index < -0.39 is 0 Å². The van der Waals surface area contributed by atoms with E-state index in [1.54, 1.807) is 0 Å². The van der Waals surface area contributed by atoms with Crippen LogP contribution < -0.4 is 0 Å². The quantitative estimate of drug-likeness (QED) is 0.165. The van der Waals surface area contributed by atoms with Crippen molar-refractivity contribution in [2.45, 2.75) is 25.8 Å². The first-order chi connectivity index (χ1) is 19.7. The second-order valence-electron chi connectivity index (χ2n) is 9.73. The van der Waals surface area contributed by atoms with Crippen LogP contribution in [-0.4, -0.2) is 18.4 Å². The molecule has 0 radical (unpaired) electrons. The second-order valence-corrected chi connectivity index (χ2v) is 9.73. The van der Waals surface area contributed by atoms with Crippen LogP contribution >= 0.6 is 0 Å². The second kappa shape index (κ2) is 13.3. The SMILES string of the molecule is C=CC1=C(/C=C\Cc2ccccc2)C=C(C(=N/Cc2ccc3ccccc3c2)/N=C(\N=C)c2ccccc2)CC1. The molecule has 3 heteroatoms. The van der Waals surface area contributed by atoms with Gasteiger partial charge in [0.1, 0.15) is 0 Å². The monoisotopic (exact) mass is 519 g/mol. The number of fused-ring (bicyclic) bond motifs is 1. The minimum Gasteiger partial charge on any atom is -0.262 e. The Morgan fingerprint density at radius 2 is 1.48 bits per heavy atom. The van der Waals surface area contributed by atoms with Gasteiger partial charge >= 0.3 is 0 Å². The van der Waals surface area contributed by atoms with Crippen molar-refractivity contribution in [3.05, 3.63) is 167 Å². The van der Waals surface area contributed by atoms with Crippen LogP contribution in [0.4, 0.5) is 0 Å². The smallest absolute Gasteiger partial charge is 0.160 e. The number of amidine groups is 2. The van der Waals surface area contributed by atoms with Gasteiger partial charge in [0.25, 0.3) is 0 Å². The largest absolute Gasteiger partial charge is 0.262 e. The number of hydrogen-bond donors (Lipinski definition) is 0. The van der Waals surface area contributed by atoms with Crippen molar-refractivity contribution < 1.29 is 0 Å². The minimum atomic E-state index is 0.525. The highest BCUT2D eigenvalue weighted by molar-refractivity contribution is 6.12. The van der Waals surface area contributed by atoms with Gasteiger partial charge in [-0.25, -0.2) is 9.98 Å². The molecule has 1 aliphatic carbocycles. The fraction of sp³-hybridized carbons (Fsp3) is 0.108. The van der Waals surface area contributed by atoms with Gasteiger partial charge in [0, 0.05) is 5.56 Å². The molecule has 0 fully saturated rings. The van der Waals surface area contributed by atoms with E-state index in [-0.39, 0.29) is 0 Å². The highest BCUT2D eigenvalue weighted by atomic mass is 15.0. The van der Waals surface area contributed by atoms with Crippen molar-refractivity contribution in [1.82, 2.24) is 0 Å². The lowest BCUT2D eigenvalue weighted by atomic mass is 9.91. The molecule has 0 aliphatic heterocycles. The van der Waals surface area contributed by atoms with Gasteiger partial charge in [0.2, 0.25) is 0 Å². The first kappa shape index (κ1) is 26.7. The highest BCUT2D eigenvalue weighted by Crippen LogP contribution is 2.28. The Labute approximate surface area is 237 Å². The first-order valence-electron chi connectivity index (χ1n) is 13.6. The zero-order valence-corrected chi connectivity index (χ0v) is 22.7. The Bertz CT molecular complexity index is 1650. The summed E-state index contributed by atoms with van der Waals surface area (Å²) < 4.78 is 0. The molecule has 0 bridgehead atoms. The number of allylic oxidation sites excluding steroid dienone is 6. The Morgan fingerprint density at radius 3 is 2.23 bits per heavy atom. The summed E-state index contributed by atoms with van der Waals surface area (Å²) >= 11 is 0. The average Bonchev–Trinajstić information content (AvgIpc) is 3.02. The van der Waals surface area contributed by atoms with Crippen LogP contribution in [0.25, 0.3) is 10.8 Å². The summed E-state index contributed by atoms with van der Waals surface area (Å²) in [6.07, 6.45) is 11.2. The lowest BCUT2D eigenvalue weighted by Crippen LogP contribution is -2.10. The summed E-state index contributed by atoms with van der Waals surface area (Å²) in [5.41, 5.74) is 6.80. The van der Waals surface area contributed by atoms with E-state index in [2.05, 4.69) is 103 Å². The molecule has 5 rings (SSSR count). The van der Waals surface area contributed by atoms with Gasteiger partial charge < -0.3 is 0 Å². The molecular weight excluding hydrogens is 486 g/mol. The Hall–Kier alpha value is -4.89. The minimum absolute atomic E-state index is 0.525. The number of hydrogen-bond acceptors (Lipinski definition) is 1. The van der Waals surface area contributed by atoms with Gasteiger partial charge in [-0.05, 0) is 76.7 Å². The molecule has 0 N–H and O–H groups in total. The Balaban J connectivity index is 1.50. The van der Waals surface area contributed by atoms with Crippen LogP contribution in [0.15, 0.2) is 166 Å². The summed E-state index contributed by atoms with van der Waals surface area (Å²) in [5, 5.41) is 2.43. The molecular formula is C37H33N3. The van der Waals surface area contributed by atoms with E-state index in [1.165, 1.54) is 21.9 Å². The van der Waals surface area contributed by atoms with Gasteiger partial charge in [0.05, 0.1) is 6.54 Å². The van der Waals surface area contributed by atoms with E-state index in [9.17, 15) is 0 Å². The van der Waals surface area contributed by atoms with Crippen molar-refractivity contribution >= 4 is 29.2 Å². The molecule has 0 amide bonds. The zero-order chi connectivity index (χ0) is 27.6. The maximum atomic E-state index is 5.05. The van der Waals surface area contributed by atoms with Crippen molar-refractivity contribution in [3.63, 3.8) is 0 Å². The van der Waals surface area contributed by atoms with Crippen LogP contribution in [0.2, 0.25) is 0 Å². The van der Waals surface area contributed by atoms with Gasteiger partial charge in [0.15, 0.2) is 11.7 Å². The normalized spacial score (nSPS) is 14.4. The van der Waals surface area contributed by atoms with Crippen LogP contribution in [0.5, 0.6) is 0 Å². The predicted octanol–water partition coefficient (Wildman–Crippen LogP) is 8.89. The fourth-order valence-corrected chi connectivity index (χ4v) is 4.84. The van der Waals surface area contributed by atoms with Crippen LogP contribution in [0.3, 0.4) is 0 Å². The third-order valence-electron chi connectivity index (χ3n) is 7.01. The van der Waals surface area contributed by atoms with Crippen molar-refractivity contribution in [2.75, 3.05) is 0 Å². The molecule has 4 aromatic rings. The molecule has 4 aromatic carbocycles. The Kier molecular flexibility index (Phi) is 8.85. The van der Waals surface area contributed by atoms with E-state index >= 15 is 0 Å². The van der Waals surface area contributed by atoms with E-state index in [0.29, 0.717) is 18.2 Å². The predicted molar refractivity (Wildman–Crippen MR) is 171 cm³/mol. The molecule has 0 saturated carbocycles. The molecule has 0 atom stereocenters. The summed E-state index contributed by atoms with van der Waals surface area (Å²) in [5.74, 6) is 1.26. The summed E-state index contributed by atoms with van der Waals surface area (Å²) in [7, 11) is 0. The lowest BCUT2D eigenvalue weighted by Gasteiger charge is -2.17. The number of nitrogens with zero attached hydrogens (tertiary/aromatic N) is 3. The molecule has 3 nitrogen and oxygen atoms in total. The molecule has 0 heterocycles. The van der Waals surface area contributed by atoms with E-state index in [0.717, 1.165) is 41.5 Å². The van der Waals surface area contributed by atoms with Crippen molar-refractivity contribution in [1.29, 1.82) is 0 Å². The molecule has 0 spiro atoms. The third-order valence-corrected chi connectivity index (χ3v) is 7.01. The van der Waals surface area contributed by atoms with Crippen LogP contribution in [0, 0.1) is 0 Å². The van der Waals surface area contributed by atoms with Crippen molar-refractivity contribution in [2.24, 2.45) is 15.0 Å². The van der Waals surface area contributed by atoms with Crippen LogP contribution in [0.1, 0.15) is 29.5 Å². The van der Waals surface area contributed by atoms with Crippen LogP contribution in [-0.2, 0) is 13.0 Å². The fourth-order valence-electron chi connectivity index (χ4n) is 4.84. The van der Waals surface area contributed by atoms with Gasteiger partial charge in [-0.3, -0.25) is 4.99 Å². The molecule has 196 valence electrons. The maximum Gasteiger partial charge on any atom is 0.160 e. The number of rotatable bonds is 8. The average molecular weight is 520 g/mol. The molecule has 0 saturated heterocycles. The molecule has 40 heavy (non-hydrogen) atoms. The third kappa shape index (κ3) is 6.75. The van der Waals surface area contributed by atoms with E-state index in [1.807, 2.05) is 42.5 Å². The lowest BCUT2D eigenvalue weighted by molar-refractivity contribution is 0.941. The number of benzene rings is 4. The summed E-state index contributed by atoms with van der Waals surface area (Å²) in [4.78, 5) is 14.3.